The van der Waals surface area contributed by atoms with E-state index in [2.05, 4.69) is 4.98 Å². The summed E-state index contributed by atoms with van der Waals surface area (Å²) in [7, 11) is 1.63. The lowest BCUT2D eigenvalue weighted by Crippen LogP contribution is -2.23. The Morgan fingerprint density at radius 1 is 1.39 bits per heavy atom. The highest BCUT2D eigenvalue weighted by Crippen LogP contribution is 2.37. The summed E-state index contributed by atoms with van der Waals surface area (Å²) < 4.78 is 5.49. The molecule has 0 radical (unpaired) electrons. The quantitative estimate of drug-likeness (QED) is 0.911. The number of methoxy groups -OCH3 is 1. The normalized spacial score (nSPS) is 15.4. The maximum absolute atomic E-state index is 11.3. The Hall–Kier alpha value is -0.940. The highest BCUT2D eigenvalue weighted by atomic mass is 32.1. The summed E-state index contributed by atoms with van der Waals surface area (Å²) in [5.41, 5.74) is -0.171. The van der Waals surface area contributed by atoms with Gasteiger partial charge in [0.2, 0.25) is 0 Å². The molecule has 1 aromatic rings. The van der Waals surface area contributed by atoms with Crippen LogP contribution in [0.5, 0.6) is 0 Å². The van der Waals surface area contributed by atoms with Crippen molar-refractivity contribution in [2.24, 2.45) is 0 Å². The van der Waals surface area contributed by atoms with Crippen molar-refractivity contribution >= 4 is 17.3 Å². The Bertz CT molecular complexity index is 442. The number of carboxylic acids is 1. The molecule has 0 saturated carbocycles. The van der Waals surface area contributed by atoms with Crippen LogP contribution in [0.1, 0.15) is 61.4 Å². The van der Waals surface area contributed by atoms with Gasteiger partial charge in [-0.05, 0) is 13.3 Å². The van der Waals surface area contributed by atoms with Gasteiger partial charge in [-0.2, -0.15) is 0 Å². The van der Waals surface area contributed by atoms with Crippen LogP contribution in [0.4, 0.5) is 0 Å². The Morgan fingerprint density at radius 3 is 2.22 bits per heavy atom. The van der Waals surface area contributed by atoms with Crippen LogP contribution in [0, 0.1) is 0 Å². The Labute approximate surface area is 112 Å². The van der Waals surface area contributed by atoms with E-state index in [-0.39, 0.29) is 5.41 Å². The Kier molecular flexibility index (Phi) is 4.18. The zero-order valence-electron chi connectivity index (χ0n) is 11.8. The van der Waals surface area contributed by atoms with E-state index in [1.54, 1.807) is 7.11 Å². The lowest BCUT2D eigenvalue weighted by atomic mass is 9.91. The van der Waals surface area contributed by atoms with Gasteiger partial charge >= 0.3 is 5.97 Å². The number of hydrogen-bond acceptors (Lipinski definition) is 4. The van der Waals surface area contributed by atoms with Crippen molar-refractivity contribution in [1.82, 2.24) is 4.98 Å². The van der Waals surface area contributed by atoms with E-state index >= 15 is 0 Å². The molecule has 0 fully saturated rings. The van der Waals surface area contributed by atoms with Gasteiger partial charge in [0.05, 0.1) is 5.69 Å². The van der Waals surface area contributed by atoms with Crippen molar-refractivity contribution in [2.75, 3.05) is 7.11 Å². The van der Waals surface area contributed by atoms with Crippen molar-refractivity contribution in [2.45, 2.75) is 52.1 Å². The van der Waals surface area contributed by atoms with Crippen LogP contribution in [-0.2, 0) is 15.8 Å². The molecular weight excluding hydrogens is 250 g/mol. The van der Waals surface area contributed by atoms with Crippen molar-refractivity contribution in [3.63, 3.8) is 0 Å². The fraction of sp³-hybridized carbons (Fsp3) is 0.692. The number of nitrogens with zero attached hydrogens (tertiary/aromatic N) is 1. The van der Waals surface area contributed by atoms with Crippen LogP contribution in [-0.4, -0.2) is 23.2 Å². The van der Waals surface area contributed by atoms with Gasteiger partial charge in [-0.3, -0.25) is 0 Å². The summed E-state index contributed by atoms with van der Waals surface area (Å²) in [6.45, 7) is 9.84. The Morgan fingerprint density at radius 2 is 1.94 bits per heavy atom. The van der Waals surface area contributed by atoms with Gasteiger partial charge in [0, 0.05) is 12.5 Å². The van der Waals surface area contributed by atoms with Gasteiger partial charge in [-0.25, -0.2) is 9.78 Å². The first-order valence-corrected chi connectivity index (χ1v) is 6.77. The average molecular weight is 271 g/mol. The topological polar surface area (TPSA) is 59.4 Å². The number of aromatic nitrogens is 1. The van der Waals surface area contributed by atoms with Gasteiger partial charge in [-0.1, -0.05) is 27.7 Å². The zero-order chi connectivity index (χ0) is 14.1. The predicted octanol–water partition coefficient (Wildman–Crippen LogP) is 3.41. The summed E-state index contributed by atoms with van der Waals surface area (Å²) in [5.74, 6) is -0.918. The van der Waals surface area contributed by atoms with E-state index in [9.17, 15) is 9.90 Å². The number of rotatable bonds is 4. The second-order valence-electron chi connectivity index (χ2n) is 5.54. The summed E-state index contributed by atoms with van der Waals surface area (Å²) in [6.07, 6.45) is 0.750. The number of thiazole rings is 1. The molecule has 18 heavy (non-hydrogen) atoms. The minimum atomic E-state index is -0.918. The predicted molar refractivity (Wildman–Crippen MR) is 72.4 cm³/mol. The third kappa shape index (κ3) is 2.72. The smallest absolute Gasteiger partial charge is 0.347 e. The molecule has 5 heteroatoms. The van der Waals surface area contributed by atoms with E-state index in [0.717, 1.165) is 11.4 Å². The third-order valence-electron chi connectivity index (χ3n) is 3.11. The number of hydrogen-bond donors (Lipinski definition) is 1. The molecule has 102 valence electrons. The molecule has 1 unspecified atom stereocenters. The van der Waals surface area contributed by atoms with Gasteiger partial charge in [0.1, 0.15) is 15.5 Å². The van der Waals surface area contributed by atoms with E-state index in [4.69, 9.17) is 4.74 Å². The van der Waals surface area contributed by atoms with Crippen LogP contribution < -0.4 is 0 Å². The molecule has 0 amide bonds. The molecule has 0 aromatic carbocycles. The molecule has 1 heterocycles. The molecule has 0 aliphatic heterocycles. The highest BCUT2D eigenvalue weighted by molar-refractivity contribution is 7.13. The van der Waals surface area contributed by atoms with Gasteiger partial charge in [0.25, 0.3) is 0 Å². The third-order valence-corrected chi connectivity index (χ3v) is 4.40. The van der Waals surface area contributed by atoms with Crippen LogP contribution in [0.3, 0.4) is 0 Å². The summed E-state index contributed by atoms with van der Waals surface area (Å²) in [4.78, 5) is 16.2. The molecule has 1 rings (SSSR count). The molecule has 0 bridgehead atoms. The van der Waals surface area contributed by atoms with Crippen LogP contribution in [0.2, 0.25) is 0 Å². The average Bonchev–Trinajstić information content (AvgIpc) is 2.73. The van der Waals surface area contributed by atoms with E-state index in [1.807, 2.05) is 34.6 Å². The largest absolute Gasteiger partial charge is 0.477 e. The lowest BCUT2D eigenvalue weighted by Gasteiger charge is -2.24. The number of carboxylic acid groups (broad SMARTS) is 1. The van der Waals surface area contributed by atoms with Crippen molar-refractivity contribution < 1.29 is 14.6 Å². The fourth-order valence-electron chi connectivity index (χ4n) is 1.58. The first-order valence-electron chi connectivity index (χ1n) is 5.96. The minimum absolute atomic E-state index is 0.287. The number of carbonyl (C=O) groups is 1. The zero-order valence-corrected chi connectivity index (χ0v) is 12.6. The first-order chi connectivity index (χ1) is 8.15. The SMILES string of the molecule is CCC(C)(OC)c1nc(C(C)(C)C)c(C(=O)O)s1. The molecule has 0 spiro atoms. The maximum Gasteiger partial charge on any atom is 0.347 e. The van der Waals surface area contributed by atoms with Crippen LogP contribution in [0.15, 0.2) is 0 Å². The fourth-order valence-corrected chi connectivity index (χ4v) is 2.89. The molecule has 1 aromatic heterocycles. The molecule has 1 atom stereocenters. The van der Waals surface area contributed by atoms with Crippen molar-refractivity contribution in [1.29, 1.82) is 0 Å². The molecule has 0 aliphatic rings. The second kappa shape index (κ2) is 4.97. The molecular formula is C13H21NO3S. The van der Waals surface area contributed by atoms with E-state index in [0.29, 0.717) is 10.6 Å². The number of ether oxygens (including phenoxy) is 1. The minimum Gasteiger partial charge on any atom is -0.477 e. The summed E-state index contributed by atoms with van der Waals surface area (Å²) in [5, 5.41) is 10.0. The second-order valence-corrected chi connectivity index (χ2v) is 6.54. The van der Waals surface area contributed by atoms with Crippen molar-refractivity contribution in [3.05, 3.63) is 15.6 Å². The Balaban J connectivity index is 3.40. The standard InChI is InChI=1S/C13H21NO3S/c1-7-13(5,17-6)11-14-9(12(2,3)4)8(18-11)10(15)16/h7H2,1-6H3,(H,15,16). The monoisotopic (exact) mass is 271 g/mol. The highest BCUT2D eigenvalue weighted by Gasteiger charge is 2.34. The van der Waals surface area contributed by atoms with Gasteiger partial charge < -0.3 is 9.84 Å². The van der Waals surface area contributed by atoms with Gasteiger partial charge in [-0.15, -0.1) is 11.3 Å². The maximum atomic E-state index is 11.3. The molecule has 0 aliphatic carbocycles. The number of aromatic carboxylic acids is 1. The summed E-state index contributed by atoms with van der Waals surface area (Å²) >= 11 is 1.21. The molecule has 0 saturated heterocycles. The van der Waals surface area contributed by atoms with Gasteiger partial charge in [0.15, 0.2) is 0 Å². The van der Waals surface area contributed by atoms with E-state index in [1.165, 1.54) is 11.3 Å². The first kappa shape index (κ1) is 15.1. The van der Waals surface area contributed by atoms with E-state index < -0.39 is 11.6 Å². The van der Waals surface area contributed by atoms with Crippen LogP contribution >= 0.6 is 11.3 Å². The molecule has 4 nitrogen and oxygen atoms in total. The lowest BCUT2D eigenvalue weighted by molar-refractivity contribution is -0.00174. The summed E-state index contributed by atoms with van der Waals surface area (Å²) in [6, 6.07) is 0. The molecule has 1 N–H and O–H groups in total. The van der Waals surface area contributed by atoms with Crippen molar-refractivity contribution in [3.8, 4) is 0 Å². The van der Waals surface area contributed by atoms with Crippen LogP contribution in [0.25, 0.3) is 0 Å².